The number of hydrogen-bond donors (Lipinski definition) is 1. The highest BCUT2D eigenvalue weighted by molar-refractivity contribution is 7.14. The number of carbonyl (C=O) groups excluding carboxylic acids is 2. The fourth-order valence-corrected chi connectivity index (χ4v) is 4.51. The molecule has 1 atom stereocenters. The van der Waals surface area contributed by atoms with Crippen LogP contribution in [0, 0.1) is 5.92 Å². The highest BCUT2D eigenvalue weighted by atomic mass is 35.5. The zero-order valence-corrected chi connectivity index (χ0v) is 19.2. The van der Waals surface area contributed by atoms with Crippen molar-refractivity contribution in [3.63, 3.8) is 0 Å². The standard InChI is InChI=1S/C23H22ClN3O4S/c1-30-16-7-8-17(20(10-16)31-2)19-13-32-23(25-19)26-22(29)15-9-21(28)27(12-15)11-14-5-3-4-6-18(14)24/h3-8,10,13,15H,9,11-12H2,1-2H3,(H,25,26,29). The van der Waals surface area contributed by atoms with Crippen LogP contribution in [0.1, 0.15) is 12.0 Å². The molecule has 2 amide bonds. The van der Waals surface area contributed by atoms with Gasteiger partial charge in [-0.05, 0) is 23.8 Å². The number of halogens is 1. The fourth-order valence-electron chi connectivity index (χ4n) is 3.61. The molecule has 1 aliphatic rings. The minimum atomic E-state index is -0.437. The molecule has 9 heteroatoms. The molecule has 1 aliphatic heterocycles. The SMILES string of the molecule is COc1ccc(-c2csc(NC(=O)C3CC(=O)N(Cc4ccccc4Cl)C3)n2)c(OC)c1. The number of methoxy groups -OCH3 is 2. The molecule has 2 aromatic carbocycles. The van der Waals surface area contributed by atoms with Gasteiger partial charge in [0.05, 0.1) is 25.8 Å². The van der Waals surface area contributed by atoms with Crippen molar-refractivity contribution in [2.24, 2.45) is 5.92 Å². The first kappa shape index (κ1) is 22.1. The van der Waals surface area contributed by atoms with Crippen molar-refractivity contribution in [3.05, 3.63) is 58.4 Å². The van der Waals surface area contributed by atoms with Crippen molar-refractivity contribution in [1.82, 2.24) is 9.88 Å². The number of anilines is 1. The van der Waals surface area contributed by atoms with Gasteiger partial charge in [0.2, 0.25) is 11.8 Å². The topological polar surface area (TPSA) is 80.8 Å². The molecule has 1 fully saturated rings. The number of ether oxygens (including phenoxy) is 2. The molecule has 1 N–H and O–H groups in total. The lowest BCUT2D eigenvalue weighted by molar-refractivity contribution is -0.128. The van der Waals surface area contributed by atoms with E-state index in [1.54, 1.807) is 31.3 Å². The Balaban J connectivity index is 1.41. The molecule has 2 heterocycles. The van der Waals surface area contributed by atoms with E-state index in [4.69, 9.17) is 21.1 Å². The predicted octanol–water partition coefficient (Wildman–Crippen LogP) is 4.47. The summed E-state index contributed by atoms with van der Waals surface area (Å²) in [5.74, 6) is 0.592. The minimum Gasteiger partial charge on any atom is -0.497 e. The summed E-state index contributed by atoms with van der Waals surface area (Å²) >= 11 is 7.53. The Morgan fingerprint density at radius 1 is 1.25 bits per heavy atom. The van der Waals surface area contributed by atoms with Gasteiger partial charge < -0.3 is 19.7 Å². The van der Waals surface area contributed by atoms with Crippen molar-refractivity contribution in [2.75, 3.05) is 26.1 Å². The Morgan fingerprint density at radius 2 is 2.06 bits per heavy atom. The third-order valence-corrected chi connectivity index (χ3v) is 6.45. The van der Waals surface area contributed by atoms with E-state index >= 15 is 0 Å². The molecule has 166 valence electrons. The van der Waals surface area contributed by atoms with Crippen molar-refractivity contribution < 1.29 is 19.1 Å². The van der Waals surface area contributed by atoms with Gasteiger partial charge in [-0.25, -0.2) is 4.98 Å². The van der Waals surface area contributed by atoms with Crippen LogP contribution in [0.4, 0.5) is 5.13 Å². The lowest BCUT2D eigenvalue weighted by atomic mass is 10.1. The zero-order chi connectivity index (χ0) is 22.7. The molecule has 1 unspecified atom stereocenters. The maximum atomic E-state index is 12.8. The van der Waals surface area contributed by atoms with E-state index in [0.29, 0.717) is 40.4 Å². The van der Waals surface area contributed by atoms with Crippen LogP contribution in [-0.2, 0) is 16.1 Å². The molecule has 4 rings (SSSR count). The lowest BCUT2D eigenvalue weighted by Gasteiger charge is -2.17. The molecule has 7 nitrogen and oxygen atoms in total. The number of carbonyl (C=O) groups is 2. The minimum absolute atomic E-state index is 0.0622. The molecular formula is C23H22ClN3O4S. The second-order valence-corrected chi connectivity index (χ2v) is 8.63. The van der Waals surface area contributed by atoms with Gasteiger partial charge in [0, 0.05) is 41.5 Å². The van der Waals surface area contributed by atoms with Gasteiger partial charge in [0.15, 0.2) is 5.13 Å². The van der Waals surface area contributed by atoms with Crippen LogP contribution >= 0.6 is 22.9 Å². The van der Waals surface area contributed by atoms with Gasteiger partial charge in [-0.1, -0.05) is 29.8 Å². The second kappa shape index (κ2) is 9.58. The third kappa shape index (κ3) is 4.71. The molecule has 0 spiro atoms. The summed E-state index contributed by atoms with van der Waals surface area (Å²) in [7, 11) is 3.17. The number of thiazole rings is 1. The van der Waals surface area contributed by atoms with Gasteiger partial charge in [0.25, 0.3) is 0 Å². The molecule has 0 bridgehead atoms. The van der Waals surface area contributed by atoms with E-state index in [1.807, 2.05) is 35.7 Å². The first-order valence-electron chi connectivity index (χ1n) is 9.98. The van der Waals surface area contributed by atoms with Gasteiger partial charge in [0.1, 0.15) is 11.5 Å². The summed E-state index contributed by atoms with van der Waals surface area (Å²) in [5, 5.41) is 5.78. The lowest BCUT2D eigenvalue weighted by Crippen LogP contribution is -2.28. The average molecular weight is 472 g/mol. The van der Waals surface area contributed by atoms with E-state index in [9.17, 15) is 9.59 Å². The van der Waals surface area contributed by atoms with Crippen molar-refractivity contribution in [3.8, 4) is 22.8 Å². The number of rotatable bonds is 7. The number of hydrogen-bond acceptors (Lipinski definition) is 6. The van der Waals surface area contributed by atoms with E-state index < -0.39 is 5.92 Å². The summed E-state index contributed by atoms with van der Waals surface area (Å²) in [6.45, 7) is 0.737. The number of amides is 2. The van der Waals surface area contributed by atoms with Gasteiger partial charge in [-0.2, -0.15) is 0 Å². The smallest absolute Gasteiger partial charge is 0.231 e. The normalized spacial score (nSPS) is 15.7. The summed E-state index contributed by atoms with van der Waals surface area (Å²) in [6, 6.07) is 12.9. The average Bonchev–Trinajstić information content (AvgIpc) is 3.41. The fraction of sp³-hybridized carbons (Fsp3) is 0.261. The van der Waals surface area contributed by atoms with E-state index in [0.717, 1.165) is 11.1 Å². The molecule has 32 heavy (non-hydrogen) atoms. The maximum absolute atomic E-state index is 12.8. The Kier molecular flexibility index (Phi) is 6.62. The van der Waals surface area contributed by atoms with Crippen molar-refractivity contribution >= 4 is 39.9 Å². The quantitative estimate of drug-likeness (QED) is 0.550. The van der Waals surface area contributed by atoms with Crippen molar-refractivity contribution in [1.29, 1.82) is 0 Å². The summed E-state index contributed by atoms with van der Waals surface area (Å²) in [6.07, 6.45) is 0.167. The first-order chi connectivity index (χ1) is 15.5. The van der Waals surface area contributed by atoms with E-state index in [2.05, 4.69) is 10.3 Å². The van der Waals surface area contributed by atoms with Crippen LogP contribution in [0.2, 0.25) is 5.02 Å². The Labute approximate surface area is 194 Å². The van der Waals surface area contributed by atoms with E-state index in [-0.39, 0.29) is 18.2 Å². The molecule has 0 aliphatic carbocycles. The Morgan fingerprint density at radius 3 is 2.81 bits per heavy atom. The number of benzene rings is 2. The van der Waals surface area contributed by atoms with Gasteiger partial charge in [-0.3, -0.25) is 9.59 Å². The molecule has 3 aromatic rings. The van der Waals surface area contributed by atoms with Crippen LogP contribution in [-0.4, -0.2) is 42.5 Å². The highest BCUT2D eigenvalue weighted by Gasteiger charge is 2.34. The Bertz CT molecular complexity index is 1150. The molecule has 0 radical (unpaired) electrons. The van der Waals surface area contributed by atoms with Crippen LogP contribution in [0.5, 0.6) is 11.5 Å². The first-order valence-corrected chi connectivity index (χ1v) is 11.2. The van der Waals surface area contributed by atoms with Crippen molar-refractivity contribution in [2.45, 2.75) is 13.0 Å². The molecule has 1 aromatic heterocycles. The number of nitrogens with zero attached hydrogens (tertiary/aromatic N) is 2. The second-order valence-electron chi connectivity index (χ2n) is 7.36. The Hall–Kier alpha value is -3.10. The van der Waals surface area contributed by atoms with Gasteiger partial charge >= 0.3 is 0 Å². The number of aromatic nitrogens is 1. The summed E-state index contributed by atoms with van der Waals surface area (Å²) in [5.41, 5.74) is 2.35. The molecule has 0 saturated carbocycles. The van der Waals surface area contributed by atoms with Gasteiger partial charge in [-0.15, -0.1) is 11.3 Å². The van der Waals surface area contributed by atoms with Crippen LogP contribution in [0.15, 0.2) is 47.8 Å². The van der Waals surface area contributed by atoms with Crippen LogP contribution in [0.25, 0.3) is 11.3 Å². The largest absolute Gasteiger partial charge is 0.497 e. The summed E-state index contributed by atoms with van der Waals surface area (Å²) < 4.78 is 10.7. The summed E-state index contributed by atoms with van der Waals surface area (Å²) in [4.78, 5) is 31.4. The monoisotopic (exact) mass is 471 g/mol. The predicted molar refractivity (Wildman–Crippen MR) is 124 cm³/mol. The molecular weight excluding hydrogens is 450 g/mol. The van der Waals surface area contributed by atoms with E-state index in [1.165, 1.54) is 11.3 Å². The van der Waals surface area contributed by atoms with Crippen LogP contribution < -0.4 is 14.8 Å². The number of likely N-dealkylation sites (tertiary alicyclic amines) is 1. The maximum Gasteiger partial charge on any atom is 0.231 e. The zero-order valence-electron chi connectivity index (χ0n) is 17.6. The molecule has 1 saturated heterocycles. The van der Waals surface area contributed by atoms with Crippen LogP contribution in [0.3, 0.4) is 0 Å². The highest BCUT2D eigenvalue weighted by Crippen LogP contribution is 2.35. The third-order valence-electron chi connectivity index (χ3n) is 5.32. The number of nitrogens with one attached hydrogen (secondary N) is 1.